The minimum atomic E-state index is -0.155. The Bertz CT molecular complexity index is 3620. The first-order valence-electron chi connectivity index (χ1n) is 30.2. The summed E-state index contributed by atoms with van der Waals surface area (Å²) in [6.07, 6.45) is 7.17. The van der Waals surface area contributed by atoms with Crippen molar-refractivity contribution in [2.24, 2.45) is 0 Å². The third-order valence-electron chi connectivity index (χ3n) is 20.6. The lowest BCUT2D eigenvalue weighted by atomic mass is 9.33. The Balaban J connectivity index is 1.21. The Morgan fingerprint density at radius 2 is 0.924 bits per heavy atom. The van der Waals surface area contributed by atoms with Gasteiger partial charge in [0.1, 0.15) is 0 Å². The second-order valence-electron chi connectivity index (χ2n) is 31.0. The minimum Gasteiger partial charge on any atom is -0.334 e. The molecule has 3 aliphatic heterocycles. The van der Waals surface area contributed by atoms with Crippen LogP contribution in [0.25, 0.3) is 11.1 Å². The molecule has 0 aromatic heterocycles. The predicted molar refractivity (Wildman–Crippen MR) is 344 cm³/mol. The van der Waals surface area contributed by atoms with Gasteiger partial charge in [0.15, 0.2) is 0 Å². The third kappa shape index (κ3) is 8.23. The Morgan fingerprint density at radius 1 is 0.405 bits per heavy atom. The molecule has 0 bridgehead atoms. The number of fused-ring (bicyclic) bond motifs is 8. The lowest BCUT2D eigenvalue weighted by molar-refractivity contribution is 0.195. The average Bonchev–Trinajstić information content (AvgIpc) is 3.56. The molecule has 1 saturated carbocycles. The zero-order valence-corrected chi connectivity index (χ0v) is 51.8. The van der Waals surface area contributed by atoms with Crippen molar-refractivity contribution in [3.05, 3.63) is 172 Å². The van der Waals surface area contributed by atoms with Crippen LogP contribution in [-0.4, -0.2) is 12.3 Å². The van der Waals surface area contributed by atoms with Crippen LogP contribution in [0.5, 0.6) is 0 Å². The molecule has 4 heteroatoms. The minimum absolute atomic E-state index is 0.00898. The van der Waals surface area contributed by atoms with E-state index in [1.165, 1.54) is 137 Å². The van der Waals surface area contributed by atoms with Crippen LogP contribution in [0, 0.1) is 6.92 Å². The largest absolute Gasteiger partial charge is 0.334 e. The smallest absolute Gasteiger partial charge is 0.252 e. The van der Waals surface area contributed by atoms with Gasteiger partial charge in [0.2, 0.25) is 0 Å². The van der Waals surface area contributed by atoms with Gasteiger partial charge in [-0.15, -0.1) is 0 Å². The fraction of sp³-hybridized carbons (Fsp3) is 0.440. The zero-order valence-electron chi connectivity index (χ0n) is 51.8. The molecular formula is C75H90BN3. The van der Waals surface area contributed by atoms with Crippen molar-refractivity contribution in [1.29, 1.82) is 0 Å². The summed E-state index contributed by atoms with van der Waals surface area (Å²) in [7, 11) is 0. The van der Waals surface area contributed by atoms with E-state index in [-0.39, 0.29) is 50.2 Å². The van der Waals surface area contributed by atoms with Crippen molar-refractivity contribution >= 4 is 68.6 Å². The molecule has 12 rings (SSSR count). The number of aryl methyl sites for hydroxylation is 1. The Labute approximate surface area is 477 Å². The van der Waals surface area contributed by atoms with Crippen LogP contribution in [0.15, 0.2) is 127 Å². The van der Waals surface area contributed by atoms with E-state index in [1.807, 2.05) is 0 Å². The molecule has 7 aromatic rings. The number of hydrogen-bond acceptors (Lipinski definition) is 3. The summed E-state index contributed by atoms with van der Waals surface area (Å²) in [6, 6.07) is 51.8. The van der Waals surface area contributed by atoms with Crippen LogP contribution in [-0.2, 0) is 37.9 Å². The first-order valence-corrected chi connectivity index (χ1v) is 30.2. The lowest BCUT2D eigenvalue weighted by Crippen LogP contribution is -2.62. The molecule has 79 heavy (non-hydrogen) atoms. The summed E-state index contributed by atoms with van der Waals surface area (Å²) in [5, 5.41) is 0. The van der Waals surface area contributed by atoms with Gasteiger partial charge < -0.3 is 14.7 Å². The fourth-order valence-electron chi connectivity index (χ4n) is 15.2. The average molecular weight is 1040 g/mol. The maximum absolute atomic E-state index is 2.82. The van der Waals surface area contributed by atoms with Gasteiger partial charge in [0, 0.05) is 50.8 Å². The van der Waals surface area contributed by atoms with Crippen molar-refractivity contribution in [1.82, 2.24) is 0 Å². The van der Waals surface area contributed by atoms with Gasteiger partial charge in [0.25, 0.3) is 6.71 Å². The maximum atomic E-state index is 2.82. The third-order valence-corrected chi connectivity index (χ3v) is 20.6. The van der Waals surface area contributed by atoms with E-state index < -0.39 is 0 Å². The molecule has 0 spiro atoms. The maximum Gasteiger partial charge on any atom is 0.252 e. The first kappa shape index (κ1) is 53.6. The second-order valence-corrected chi connectivity index (χ2v) is 31.0. The van der Waals surface area contributed by atoms with Gasteiger partial charge in [-0.3, -0.25) is 0 Å². The highest BCUT2D eigenvalue weighted by atomic mass is 15.3. The molecule has 0 saturated heterocycles. The highest BCUT2D eigenvalue weighted by Crippen LogP contribution is 2.62. The van der Waals surface area contributed by atoms with Crippen LogP contribution >= 0.6 is 0 Å². The van der Waals surface area contributed by atoms with Crippen molar-refractivity contribution in [3.8, 4) is 11.1 Å². The summed E-state index contributed by atoms with van der Waals surface area (Å²) in [4.78, 5) is 8.28. The molecule has 408 valence electrons. The number of benzene rings is 7. The van der Waals surface area contributed by atoms with Crippen LogP contribution < -0.4 is 31.1 Å². The topological polar surface area (TPSA) is 9.72 Å². The normalized spacial score (nSPS) is 21.0. The Morgan fingerprint density at radius 3 is 1.52 bits per heavy atom. The molecule has 1 fully saturated rings. The van der Waals surface area contributed by atoms with Crippen LogP contribution in [0.2, 0.25) is 0 Å². The van der Waals surface area contributed by atoms with E-state index in [0.717, 1.165) is 19.3 Å². The van der Waals surface area contributed by atoms with Crippen LogP contribution in [0.3, 0.4) is 0 Å². The molecule has 2 unspecified atom stereocenters. The van der Waals surface area contributed by atoms with Crippen molar-refractivity contribution in [3.63, 3.8) is 0 Å². The first-order chi connectivity index (χ1) is 36.8. The SMILES string of the molecule is Cc1cc(C(C)(C)C)ccc1N1c2cc(N3c4ccc(C(C)(C)C)cc4C4(C)CCCCC34C)ccc2B2c3cc4c(cc3N(c3ccc(C(C)(C)C)cc3-c3ccccc3)c3cc(C(C)(C)C)cc1c32)C(C)(C)CCC4(C)C. The zero-order chi connectivity index (χ0) is 56.5. The summed E-state index contributed by atoms with van der Waals surface area (Å²) >= 11 is 0. The van der Waals surface area contributed by atoms with Gasteiger partial charge >= 0.3 is 0 Å². The molecule has 0 radical (unpaired) electrons. The quantitative estimate of drug-likeness (QED) is 0.163. The fourth-order valence-corrected chi connectivity index (χ4v) is 15.2. The number of rotatable bonds is 4. The Hall–Kier alpha value is -6.00. The number of nitrogens with zero attached hydrogens (tertiary/aromatic N) is 3. The van der Waals surface area contributed by atoms with Crippen LogP contribution in [0.1, 0.15) is 208 Å². The van der Waals surface area contributed by atoms with Gasteiger partial charge in [-0.05, 0) is 193 Å². The van der Waals surface area contributed by atoms with Gasteiger partial charge in [-0.25, -0.2) is 0 Å². The van der Waals surface area contributed by atoms with E-state index in [4.69, 9.17) is 0 Å². The van der Waals surface area contributed by atoms with Crippen LogP contribution in [0.4, 0.5) is 45.5 Å². The summed E-state index contributed by atoms with van der Waals surface area (Å²) in [5.74, 6) is 0. The van der Waals surface area contributed by atoms with Crippen molar-refractivity contribution < 1.29 is 0 Å². The molecule has 3 nitrogen and oxygen atoms in total. The predicted octanol–water partition coefficient (Wildman–Crippen LogP) is 19.0. The van der Waals surface area contributed by atoms with Gasteiger partial charge in [-0.1, -0.05) is 203 Å². The molecule has 3 heterocycles. The molecule has 2 aliphatic carbocycles. The summed E-state index contributed by atoms with van der Waals surface area (Å²) < 4.78 is 0. The van der Waals surface area contributed by atoms with E-state index in [2.05, 4.69) is 274 Å². The second kappa shape index (κ2) is 17.5. The Kier molecular flexibility index (Phi) is 11.9. The molecule has 7 aromatic carbocycles. The van der Waals surface area contributed by atoms with Gasteiger partial charge in [0.05, 0.1) is 11.2 Å². The van der Waals surface area contributed by atoms with Crippen molar-refractivity contribution in [2.75, 3.05) is 14.7 Å². The van der Waals surface area contributed by atoms with Gasteiger partial charge in [-0.2, -0.15) is 0 Å². The standard InChI is InChI=1S/C75H90BN3/c1-47-39-49(68(2,3)4)27-32-60(47)77-63-44-53(79-62-34-29-51(70(8,9)10)41-57(62)74(18)35-23-24-36-75(74,79)19)30-31-58(63)76-59-45-55-56(73(16,17)38-37-72(55,14)15)46-64(59)78(66-43-52(71(11,12)13)42-65(77)67(66)76)61-33-28-50(69(5,6)7)40-54(61)48-25-21-20-22-26-48/h20-22,25-34,39-46H,23-24,35-38H2,1-19H3. The monoisotopic (exact) mass is 1040 g/mol. The van der Waals surface area contributed by atoms with E-state index in [1.54, 1.807) is 0 Å². The molecule has 0 amide bonds. The van der Waals surface area contributed by atoms with E-state index in [0.29, 0.717) is 0 Å². The van der Waals surface area contributed by atoms with E-state index >= 15 is 0 Å². The molecule has 2 atom stereocenters. The number of hydrogen-bond donors (Lipinski definition) is 0. The number of anilines is 8. The molecule has 0 N–H and O–H groups in total. The summed E-state index contributed by atoms with van der Waals surface area (Å²) in [5.41, 5.74) is 28.1. The summed E-state index contributed by atoms with van der Waals surface area (Å²) in [6.45, 7) is 46.0. The van der Waals surface area contributed by atoms with E-state index in [9.17, 15) is 0 Å². The molecular weight excluding hydrogens is 954 g/mol. The van der Waals surface area contributed by atoms with Crippen molar-refractivity contribution in [2.45, 2.75) is 214 Å². The highest BCUT2D eigenvalue weighted by Gasteiger charge is 2.58. The lowest BCUT2D eigenvalue weighted by Gasteiger charge is -2.51. The molecule has 5 aliphatic rings. The highest BCUT2D eigenvalue weighted by molar-refractivity contribution is 7.00.